The lowest BCUT2D eigenvalue weighted by Crippen LogP contribution is -2.59. The number of nitrogens with one attached hydrogen (secondary N) is 5. The van der Waals surface area contributed by atoms with Gasteiger partial charge in [0, 0.05) is 43.0 Å². The molecule has 5 amide bonds. The monoisotopic (exact) mass is 1040 g/mol. The number of amides is 5. The fourth-order valence-corrected chi connectivity index (χ4v) is 7.76. The lowest BCUT2D eigenvalue weighted by Gasteiger charge is -2.27. The first-order valence-electron chi connectivity index (χ1n) is 24.3. The van der Waals surface area contributed by atoms with Crippen LogP contribution in [0.15, 0.2) is 150 Å². The maximum absolute atomic E-state index is 14.9. The van der Waals surface area contributed by atoms with Gasteiger partial charge in [0.2, 0.25) is 29.5 Å². The Labute approximate surface area is 438 Å². The first-order valence-corrected chi connectivity index (χ1v) is 24.3. The second kappa shape index (κ2) is 29.5. The van der Waals surface area contributed by atoms with Crippen molar-refractivity contribution in [3.05, 3.63) is 179 Å². The van der Waals surface area contributed by atoms with Crippen LogP contribution in [-0.4, -0.2) is 102 Å². The minimum absolute atomic E-state index is 0.00333. The molecule has 0 unspecified atom stereocenters. The third-order valence-electron chi connectivity index (χ3n) is 11.7. The third kappa shape index (κ3) is 19.3. The lowest BCUT2D eigenvalue weighted by atomic mass is 9.98. The smallest absolute Gasteiger partial charge is 0.326 e. The van der Waals surface area contributed by atoms with E-state index in [2.05, 4.69) is 36.6 Å². The van der Waals surface area contributed by atoms with Crippen molar-refractivity contribution < 1.29 is 43.1 Å². The molecule has 0 fully saturated rings. The number of hydrogen-bond donors (Lipinski definition) is 11. The van der Waals surface area contributed by atoms with Gasteiger partial charge < -0.3 is 60.4 Å². The van der Waals surface area contributed by atoms with E-state index in [4.69, 9.17) is 28.7 Å². The Kier molecular flexibility index (Phi) is 22.3. The summed E-state index contributed by atoms with van der Waals surface area (Å²) >= 11 is 0. The van der Waals surface area contributed by atoms with Crippen LogP contribution in [0.1, 0.15) is 63.9 Å². The van der Waals surface area contributed by atoms with Gasteiger partial charge >= 0.3 is 5.97 Å². The lowest BCUT2D eigenvalue weighted by molar-refractivity contribution is -0.142. The van der Waals surface area contributed by atoms with Crippen molar-refractivity contribution in [3.63, 3.8) is 0 Å². The molecular formula is C55H63FN12O8. The Balaban J connectivity index is 1.52. The van der Waals surface area contributed by atoms with Crippen molar-refractivity contribution in [1.82, 2.24) is 26.6 Å². The van der Waals surface area contributed by atoms with E-state index in [9.17, 15) is 43.1 Å². The molecule has 5 rings (SSSR count). The first-order chi connectivity index (χ1) is 36.5. The molecule has 21 heteroatoms. The molecule has 0 heterocycles. The number of guanidine groups is 2. The number of carboxylic acids is 1. The van der Waals surface area contributed by atoms with E-state index in [1.54, 1.807) is 109 Å². The Bertz CT molecular complexity index is 2840. The number of hydrogen-bond acceptors (Lipinski definition) is 10. The van der Waals surface area contributed by atoms with Crippen molar-refractivity contribution in [3.8, 4) is 0 Å². The van der Waals surface area contributed by atoms with Gasteiger partial charge in [-0.15, -0.1) is 0 Å². The molecule has 398 valence electrons. The van der Waals surface area contributed by atoms with Crippen molar-refractivity contribution in [1.29, 1.82) is 0 Å². The van der Waals surface area contributed by atoms with Gasteiger partial charge in [-0.25, -0.2) is 14.2 Å². The van der Waals surface area contributed by atoms with E-state index < -0.39 is 71.5 Å². The minimum Gasteiger partial charge on any atom is -0.480 e. The highest BCUT2D eigenvalue weighted by Gasteiger charge is 2.33. The van der Waals surface area contributed by atoms with E-state index in [-0.39, 0.29) is 75.7 Å². The molecule has 5 aromatic carbocycles. The van der Waals surface area contributed by atoms with Gasteiger partial charge in [-0.2, -0.15) is 0 Å². The fourth-order valence-electron chi connectivity index (χ4n) is 7.76. The zero-order chi connectivity index (χ0) is 55.0. The van der Waals surface area contributed by atoms with Crippen molar-refractivity contribution >= 4 is 65.0 Å². The number of ketones is 1. The highest BCUT2D eigenvalue weighted by Crippen LogP contribution is 2.17. The van der Waals surface area contributed by atoms with Gasteiger partial charge in [0.1, 0.15) is 36.0 Å². The van der Waals surface area contributed by atoms with Crippen LogP contribution in [0.5, 0.6) is 0 Å². The number of halogens is 1. The molecule has 0 aliphatic heterocycles. The van der Waals surface area contributed by atoms with Gasteiger partial charge in [0.05, 0.1) is 5.69 Å². The van der Waals surface area contributed by atoms with E-state index in [1.807, 2.05) is 6.07 Å². The summed E-state index contributed by atoms with van der Waals surface area (Å²) in [6.45, 7) is 0.202. The van der Waals surface area contributed by atoms with Crippen molar-refractivity contribution in [2.45, 2.75) is 75.2 Å². The van der Waals surface area contributed by atoms with Gasteiger partial charge in [-0.1, -0.05) is 109 Å². The van der Waals surface area contributed by atoms with Crippen LogP contribution in [0, 0.1) is 5.82 Å². The zero-order valence-electron chi connectivity index (χ0n) is 41.6. The fraction of sp³-hybridized carbons (Fsp3) is 0.255. The average Bonchev–Trinajstić information content (AvgIpc) is 3.40. The molecule has 5 atom stereocenters. The van der Waals surface area contributed by atoms with Crippen LogP contribution in [0.25, 0.3) is 6.08 Å². The quantitative estimate of drug-likeness (QED) is 0.0112. The molecule has 0 aromatic heterocycles. The molecule has 0 spiro atoms. The highest BCUT2D eigenvalue weighted by molar-refractivity contribution is 6.09. The predicted molar refractivity (Wildman–Crippen MR) is 287 cm³/mol. The van der Waals surface area contributed by atoms with Crippen LogP contribution in [0.4, 0.5) is 10.1 Å². The Morgan fingerprint density at radius 3 is 1.49 bits per heavy atom. The standard InChI is InChI=1S/C55H63FN12O8/c56-40-24-17-36(18-25-40)31-44(64-47(69)28-21-34-9-3-1-4-10-34)50(72)67-46(33-37-19-26-41(27-20-37)63-55(60)61)52(74)68-45(32-35-15-22-39(23-16-35)48(70)38-11-5-2-6-12-38)51(73)65-42(14-8-30-62-54(58)59)49(71)66-43(53(75)76)13-7-29-57/h1-6,9-12,15-28,42-46H,7-8,13-14,29-33,57H2,(H,64,69)(H,65,73)(H,66,71)(H,67,72)(H,68,74)(H,75,76)(H4,58,59,62)(H4,60,61,63)/b28-21+/t42-,43-,44-,45-,46-/m0/s1. The largest absolute Gasteiger partial charge is 0.480 e. The topological polar surface area (TPSA) is 355 Å². The molecule has 0 radical (unpaired) electrons. The second-order valence-electron chi connectivity index (χ2n) is 17.6. The Hall–Kier alpha value is -9.24. The van der Waals surface area contributed by atoms with Crippen molar-refractivity contribution in [2.75, 3.05) is 13.1 Å². The maximum Gasteiger partial charge on any atom is 0.326 e. The number of nitrogens with zero attached hydrogens (tertiary/aromatic N) is 2. The predicted octanol–water partition coefficient (Wildman–Crippen LogP) is 2.00. The molecular weight excluding hydrogens is 976 g/mol. The van der Waals surface area contributed by atoms with Crippen LogP contribution in [0.2, 0.25) is 0 Å². The average molecular weight is 1040 g/mol. The van der Waals surface area contributed by atoms with E-state index >= 15 is 0 Å². The molecule has 76 heavy (non-hydrogen) atoms. The summed E-state index contributed by atoms with van der Waals surface area (Å²) in [6.07, 6.45) is 2.59. The van der Waals surface area contributed by atoms with Gasteiger partial charge in [0.15, 0.2) is 17.7 Å². The van der Waals surface area contributed by atoms with Gasteiger partial charge in [-0.05, 0) is 84.8 Å². The number of nitrogens with two attached hydrogens (primary N) is 5. The SMILES string of the molecule is NCCC[C@H](NC(=O)[C@H](CCCN=C(N)N)NC(=O)[C@H](Cc1ccc(C(=O)c2ccccc2)cc1)NC(=O)[C@H](Cc1ccc(N=C(N)N)cc1)NC(=O)[C@H](Cc1ccc(F)cc1)NC(=O)/C=C/c1ccccc1)C(=O)O. The van der Waals surface area contributed by atoms with Crippen molar-refractivity contribution in [2.24, 2.45) is 38.7 Å². The molecule has 0 saturated heterocycles. The van der Waals surface area contributed by atoms with Crippen LogP contribution in [0.3, 0.4) is 0 Å². The minimum atomic E-state index is -1.50. The van der Waals surface area contributed by atoms with Gasteiger partial charge in [-0.3, -0.25) is 33.8 Å². The number of aliphatic carboxylic acids is 1. The summed E-state index contributed by atoms with van der Waals surface area (Å²) in [5.74, 6) is -6.61. The molecule has 5 aromatic rings. The molecule has 0 aliphatic carbocycles. The summed E-state index contributed by atoms with van der Waals surface area (Å²) in [7, 11) is 0. The summed E-state index contributed by atoms with van der Waals surface area (Å²) < 4.78 is 14.0. The van der Waals surface area contributed by atoms with Crippen LogP contribution in [-0.2, 0) is 48.0 Å². The number of rotatable bonds is 28. The summed E-state index contributed by atoms with van der Waals surface area (Å²) in [5, 5.41) is 23.3. The molecule has 20 nitrogen and oxygen atoms in total. The molecule has 0 bridgehead atoms. The van der Waals surface area contributed by atoms with E-state index in [0.29, 0.717) is 39.1 Å². The molecule has 16 N–H and O–H groups in total. The zero-order valence-corrected chi connectivity index (χ0v) is 41.6. The molecule has 0 saturated carbocycles. The Morgan fingerprint density at radius 1 is 0.526 bits per heavy atom. The normalized spacial score (nSPS) is 12.9. The number of carboxylic acid groups (broad SMARTS) is 1. The summed E-state index contributed by atoms with van der Waals surface area (Å²) in [5.41, 5.74) is 31.1. The number of aliphatic imine (C=N–C) groups is 2. The third-order valence-corrected chi connectivity index (χ3v) is 11.7. The molecule has 0 aliphatic rings. The Morgan fingerprint density at radius 2 is 0.974 bits per heavy atom. The second-order valence-corrected chi connectivity index (χ2v) is 17.6. The number of benzene rings is 5. The summed E-state index contributed by atoms with van der Waals surface area (Å²) in [4.78, 5) is 105. The number of carbonyl (C=O) groups is 7. The van der Waals surface area contributed by atoms with Crippen LogP contribution < -0.4 is 55.3 Å². The number of carbonyl (C=O) groups excluding carboxylic acids is 6. The van der Waals surface area contributed by atoms with Crippen LogP contribution >= 0.6 is 0 Å². The summed E-state index contributed by atoms with van der Waals surface area (Å²) in [6, 6.07) is 28.5. The van der Waals surface area contributed by atoms with E-state index in [1.165, 1.54) is 30.3 Å². The first kappa shape index (κ1) is 57.7. The maximum atomic E-state index is 14.9. The van der Waals surface area contributed by atoms with Gasteiger partial charge in [0.25, 0.3) is 0 Å². The van der Waals surface area contributed by atoms with E-state index in [0.717, 1.165) is 0 Å². The highest BCUT2D eigenvalue weighted by atomic mass is 19.1.